The van der Waals surface area contributed by atoms with Crippen LogP contribution in [0.4, 0.5) is 20.3 Å². The smallest absolute Gasteiger partial charge is 0.254 e. The molecule has 1 aliphatic heterocycles. The van der Waals surface area contributed by atoms with Gasteiger partial charge in [0.15, 0.2) is 5.82 Å². The fourth-order valence-electron chi connectivity index (χ4n) is 4.30. The second-order valence-electron chi connectivity index (χ2n) is 8.37. The Labute approximate surface area is 190 Å². The van der Waals surface area contributed by atoms with Gasteiger partial charge in [-0.3, -0.25) is 19.4 Å². The van der Waals surface area contributed by atoms with Gasteiger partial charge in [0.05, 0.1) is 11.7 Å². The first-order valence-corrected chi connectivity index (χ1v) is 10.8. The highest BCUT2D eigenvalue weighted by Crippen LogP contribution is 2.32. The quantitative estimate of drug-likeness (QED) is 0.483. The maximum Gasteiger partial charge on any atom is 0.254 e. The number of halogens is 2. The van der Waals surface area contributed by atoms with Crippen LogP contribution in [-0.4, -0.2) is 52.3 Å². The van der Waals surface area contributed by atoms with Gasteiger partial charge in [-0.1, -0.05) is 0 Å². The van der Waals surface area contributed by atoms with Crippen LogP contribution in [0.3, 0.4) is 0 Å². The monoisotopic (exact) mass is 455 g/mol. The van der Waals surface area contributed by atoms with Crippen molar-refractivity contribution in [3.8, 4) is 0 Å². The molecule has 0 unspecified atom stereocenters. The third-order valence-electron chi connectivity index (χ3n) is 6.03. The molecule has 0 radical (unpaired) electrons. The summed E-state index contributed by atoms with van der Waals surface area (Å²) in [6.07, 6.45) is 6.10. The topological polar surface area (TPSA) is 101 Å². The normalized spacial score (nSPS) is 16.0. The highest BCUT2D eigenvalue weighted by molar-refractivity contribution is 5.98. The lowest BCUT2D eigenvalue weighted by molar-refractivity contribution is 0.0942. The van der Waals surface area contributed by atoms with Crippen LogP contribution in [0.15, 0.2) is 48.9 Å². The number of hydrogen-bond acceptors (Lipinski definition) is 6. The lowest BCUT2D eigenvalue weighted by Crippen LogP contribution is -2.51. The largest absolute Gasteiger partial charge is 0.365 e. The van der Waals surface area contributed by atoms with Gasteiger partial charge >= 0.3 is 0 Å². The lowest BCUT2D eigenvalue weighted by atomic mass is 9.87. The maximum absolute atomic E-state index is 13.5. The Balaban J connectivity index is 1.54. The van der Waals surface area contributed by atoms with Crippen LogP contribution in [0.2, 0.25) is 0 Å². The summed E-state index contributed by atoms with van der Waals surface area (Å²) < 4.78 is 28.5. The molecule has 3 heterocycles. The number of nitrogens with two attached hydrogens (primary N) is 1. The number of hydrogen-bond donors (Lipinski definition) is 3. The van der Waals surface area contributed by atoms with E-state index < -0.39 is 5.91 Å². The van der Waals surface area contributed by atoms with Crippen molar-refractivity contribution >= 4 is 17.4 Å². The first kappa shape index (κ1) is 22.8. The van der Waals surface area contributed by atoms with Gasteiger partial charge in [0.1, 0.15) is 17.2 Å². The average molecular weight is 456 g/mol. The predicted octanol–water partition coefficient (Wildman–Crippen LogP) is 2.61. The molecule has 4 rings (SSSR count). The van der Waals surface area contributed by atoms with Crippen molar-refractivity contribution in [3.05, 3.63) is 71.7 Å². The van der Waals surface area contributed by atoms with Gasteiger partial charge in [0.25, 0.3) is 5.91 Å². The Hall–Kier alpha value is -3.37. The van der Waals surface area contributed by atoms with E-state index in [1.54, 1.807) is 24.5 Å². The number of benzene rings is 1. The SMILES string of the molecule is CNCC1(n2cc(C(N)=O)c(Nc3ccc(F)cc3)n2)CCN(Cc2cncc(F)c2)CC1. The Morgan fingerprint density at radius 3 is 2.52 bits per heavy atom. The number of primary amides is 1. The van der Waals surface area contributed by atoms with Crippen LogP contribution in [-0.2, 0) is 12.1 Å². The summed E-state index contributed by atoms with van der Waals surface area (Å²) in [5.41, 5.74) is 6.96. The molecule has 4 N–H and O–H groups in total. The third kappa shape index (κ3) is 5.18. The Kier molecular flexibility index (Phi) is 6.66. The van der Waals surface area contributed by atoms with Gasteiger partial charge in [-0.15, -0.1) is 0 Å². The average Bonchev–Trinajstić information content (AvgIpc) is 3.22. The van der Waals surface area contributed by atoms with E-state index in [4.69, 9.17) is 5.73 Å². The molecular formula is C23H27F2N7O. The Bertz CT molecular complexity index is 1110. The van der Waals surface area contributed by atoms with E-state index in [-0.39, 0.29) is 22.7 Å². The number of nitrogens with one attached hydrogen (secondary N) is 2. The van der Waals surface area contributed by atoms with E-state index in [0.717, 1.165) is 31.5 Å². The summed E-state index contributed by atoms with van der Waals surface area (Å²) in [4.78, 5) is 18.3. The summed E-state index contributed by atoms with van der Waals surface area (Å²) in [5, 5.41) is 11.0. The van der Waals surface area contributed by atoms with Crippen LogP contribution in [0, 0.1) is 11.6 Å². The number of aromatic nitrogens is 3. The molecule has 0 atom stereocenters. The van der Waals surface area contributed by atoms with E-state index >= 15 is 0 Å². The summed E-state index contributed by atoms with van der Waals surface area (Å²) in [6, 6.07) is 7.30. The molecule has 1 amide bonds. The molecule has 0 saturated carbocycles. The summed E-state index contributed by atoms with van der Waals surface area (Å²) >= 11 is 0. The van der Waals surface area contributed by atoms with E-state index in [1.165, 1.54) is 24.4 Å². The molecule has 1 fully saturated rings. The molecule has 1 aliphatic rings. The molecule has 174 valence electrons. The van der Waals surface area contributed by atoms with E-state index in [1.807, 2.05) is 11.7 Å². The standard InChI is InChI=1S/C23H27F2N7O/c1-27-15-23(6-8-31(9-7-23)13-16-10-18(25)12-28-11-16)32-14-20(21(26)33)22(30-32)29-19-4-2-17(24)3-5-19/h2-5,10-12,14,27H,6-9,13,15H2,1H3,(H2,26,33)(H,29,30). The molecule has 10 heteroatoms. The summed E-state index contributed by atoms with van der Waals surface area (Å²) in [5.74, 6) is -0.958. The van der Waals surface area contributed by atoms with Gasteiger partial charge < -0.3 is 16.4 Å². The molecule has 1 aromatic carbocycles. The minimum Gasteiger partial charge on any atom is -0.365 e. The number of anilines is 2. The summed E-state index contributed by atoms with van der Waals surface area (Å²) in [7, 11) is 1.88. The minimum atomic E-state index is -0.596. The molecular weight excluding hydrogens is 428 g/mol. The number of nitrogens with zero attached hydrogens (tertiary/aromatic N) is 4. The van der Waals surface area contributed by atoms with Crippen molar-refractivity contribution in [2.24, 2.45) is 5.73 Å². The highest BCUT2D eigenvalue weighted by atomic mass is 19.1. The Morgan fingerprint density at radius 1 is 1.15 bits per heavy atom. The molecule has 8 nitrogen and oxygen atoms in total. The molecule has 0 aliphatic carbocycles. The van der Waals surface area contributed by atoms with Gasteiger partial charge in [0, 0.05) is 44.3 Å². The van der Waals surface area contributed by atoms with Crippen molar-refractivity contribution in [3.63, 3.8) is 0 Å². The van der Waals surface area contributed by atoms with Crippen LogP contribution in [0.5, 0.6) is 0 Å². The van der Waals surface area contributed by atoms with E-state index in [2.05, 4.69) is 25.6 Å². The second-order valence-corrected chi connectivity index (χ2v) is 8.37. The zero-order valence-electron chi connectivity index (χ0n) is 18.4. The van der Waals surface area contributed by atoms with Crippen molar-refractivity contribution in [1.82, 2.24) is 25.0 Å². The minimum absolute atomic E-state index is 0.267. The van der Waals surface area contributed by atoms with Gasteiger partial charge in [-0.05, 0) is 55.8 Å². The number of likely N-dealkylation sites (tertiary alicyclic amines) is 1. The number of pyridine rings is 1. The molecule has 0 spiro atoms. The van der Waals surface area contributed by atoms with Crippen LogP contribution >= 0.6 is 0 Å². The fraction of sp³-hybridized carbons (Fsp3) is 0.348. The van der Waals surface area contributed by atoms with Crippen LogP contribution in [0.25, 0.3) is 0 Å². The van der Waals surface area contributed by atoms with Gasteiger partial charge in [-0.2, -0.15) is 5.10 Å². The molecule has 1 saturated heterocycles. The number of carbonyl (C=O) groups excluding carboxylic acids is 1. The van der Waals surface area contributed by atoms with Crippen molar-refractivity contribution in [1.29, 1.82) is 0 Å². The number of likely N-dealkylation sites (N-methyl/N-ethyl adjacent to an activating group) is 1. The van der Waals surface area contributed by atoms with Gasteiger partial charge in [-0.25, -0.2) is 8.78 Å². The number of rotatable bonds is 8. The van der Waals surface area contributed by atoms with Crippen molar-refractivity contribution < 1.29 is 13.6 Å². The summed E-state index contributed by atoms with van der Waals surface area (Å²) in [6.45, 7) is 2.80. The van der Waals surface area contributed by atoms with E-state index in [9.17, 15) is 13.6 Å². The maximum atomic E-state index is 13.5. The van der Waals surface area contributed by atoms with Crippen LogP contribution < -0.4 is 16.4 Å². The molecule has 33 heavy (non-hydrogen) atoms. The highest BCUT2D eigenvalue weighted by Gasteiger charge is 2.37. The van der Waals surface area contributed by atoms with Crippen molar-refractivity contribution in [2.45, 2.75) is 24.9 Å². The van der Waals surface area contributed by atoms with E-state index in [0.29, 0.717) is 24.6 Å². The lowest BCUT2D eigenvalue weighted by Gasteiger charge is -2.42. The van der Waals surface area contributed by atoms with Gasteiger partial charge in [0.2, 0.25) is 0 Å². The zero-order valence-corrected chi connectivity index (χ0v) is 18.4. The number of amides is 1. The number of piperidine rings is 1. The predicted molar refractivity (Wildman–Crippen MR) is 121 cm³/mol. The number of carbonyl (C=O) groups is 1. The fourth-order valence-corrected chi connectivity index (χ4v) is 4.30. The van der Waals surface area contributed by atoms with Crippen LogP contribution in [0.1, 0.15) is 28.8 Å². The molecule has 3 aromatic rings. The first-order valence-electron chi connectivity index (χ1n) is 10.8. The molecule has 2 aromatic heterocycles. The first-order chi connectivity index (χ1) is 15.9. The zero-order chi connectivity index (χ0) is 23.4. The Morgan fingerprint density at radius 2 is 1.88 bits per heavy atom. The molecule has 0 bridgehead atoms. The van der Waals surface area contributed by atoms with Crippen molar-refractivity contribution in [2.75, 3.05) is 32.0 Å². The second kappa shape index (κ2) is 9.63. The third-order valence-corrected chi connectivity index (χ3v) is 6.03.